The number of para-hydroxylation sites is 1. The predicted octanol–water partition coefficient (Wildman–Crippen LogP) is 1.14. The normalized spacial score (nSPS) is 14.6. The first-order valence-corrected chi connectivity index (χ1v) is 3.80. The Morgan fingerprint density at radius 2 is 2.25 bits per heavy atom. The molecule has 1 aliphatic heterocycles. The van der Waals surface area contributed by atoms with E-state index in [0.29, 0.717) is 5.69 Å². The quantitative estimate of drug-likeness (QED) is 0.562. The first-order valence-electron chi connectivity index (χ1n) is 3.80. The van der Waals surface area contributed by atoms with Crippen molar-refractivity contribution < 1.29 is 5.11 Å². The molecule has 0 saturated heterocycles. The maximum atomic E-state index is 9.47. The average molecular weight is 162 g/mol. The second-order valence-electron chi connectivity index (χ2n) is 2.78. The third-order valence-electron chi connectivity index (χ3n) is 1.96. The van der Waals surface area contributed by atoms with Crippen molar-refractivity contribution in [2.24, 2.45) is 5.84 Å². The molecule has 3 nitrogen and oxygen atoms in total. The van der Waals surface area contributed by atoms with E-state index in [0.717, 1.165) is 12.0 Å². The molecule has 3 N–H and O–H groups in total. The van der Waals surface area contributed by atoms with Crippen LogP contribution in [0.1, 0.15) is 5.56 Å². The second kappa shape index (κ2) is 2.53. The molecular formula is C9H10N2O. The summed E-state index contributed by atoms with van der Waals surface area (Å²) in [4.78, 5) is 0. The average Bonchev–Trinajstić information content (AvgIpc) is 2.04. The van der Waals surface area contributed by atoms with Crippen molar-refractivity contribution in [3.05, 3.63) is 36.0 Å². The molecule has 0 atom stereocenters. The summed E-state index contributed by atoms with van der Waals surface area (Å²) in [6, 6.07) is 5.41. The van der Waals surface area contributed by atoms with Crippen LogP contribution in [-0.4, -0.2) is 5.11 Å². The molecule has 0 spiro atoms. The van der Waals surface area contributed by atoms with Crippen molar-refractivity contribution in [3.8, 4) is 5.75 Å². The van der Waals surface area contributed by atoms with Crippen molar-refractivity contribution in [2.75, 3.05) is 5.01 Å². The van der Waals surface area contributed by atoms with Crippen molar-refractivity contribution in [3.63, 3.8) is 0 Å². The number of anilines is 1. The molecule has 1 aliphatic rings. The van der Waals surface area contributed by atoms with Crippen LogP contribution in [0.15, 0.2) is 30.5 Å². The van der Waals surface area contributed by atoms with Gasteiger partial charge in [0.2, 0.25) is 0 Å². The highest BCUT2D eigenvalue weighted by molar-refractivity contribution is 5.65. The van der Waals surface area contributed by atoms with Gasteiger partial charge in [-0.05, 0) is 18.1 Å². The smallest absolute Gasteiger partial charge is 0.140 e. The van der Waals surface area contributed by atoms with Gasteiger partial charge in [0.05, 0.1) is 0 Å². The molecule has 12 heavy (non-hydrogen) atoms. The summed E-state index contributed by atoms with van der Waals surface area (Å²) in [6.45, 7) is 0. The molecule has 2 rings (SSSR count). The van der Waals surface area contributed by atoms with E-state index >= 15 is 0 Å². The molecule has 1 aromatic rings. The minimum atomic E-state index is 0.236. The van der Waals surface area contributed by atoms with E-state index in [9.17, 15) is 5.11 Å². The maximum absolute atomic E-state index is 9.47. The van der Waals surface area contributed by atoms with Gasteiger partial charge in [-0.15, -0.1) is 0 Å². The van der Waals surface area contributed by atoms with Crippen molar-refractivity contribution in [2.45, 2.75) is 6.42 Å². The van der Waals surface area contributed by atoms with E-state index in [1.54, 1.807) is 12.3 Å². The first-order chi connectivity index (χ1) is 5.79. The number of allylic oxidation sites excluding steroid dienone is 1. The van der Waals surface area contributed by atoms with Gasteiger partial charge in [0.1, 0.15) is 11.4 Å². The van der Waals surface area contributed by atoms with Crippen LogP contribution < -0.4 is 10.9 Å². The van der Waals surface area contributed by atoms with Gasteiger partial charge in [-0.25, -0.2) is 5.84 Å². The van der Waals surface area contributed by atoms with Gasteiger partial charge in [0.25, 0.3) is 0 Å². The summed E-state index contributed by atoms with van der Waals surface area (Å²) >= 11 is 0. The standard InChI is InChI=1S/C9H10N2O/c10-11-6-2-4-7-3-1-5-8(12)9(7)11/h1-3,5-6,12H,4,10H2. The number of hydrazine groups is 1. The van der Waals surface area contributed by atoms with E-state index in [1.165, 1.54) is 5.01 Å². The molecule has 3 heteroatoms. The summed E-state index contributed by atoms with van der Waals surface area (Å²) in [5.74, 6) is 5.87. The van der Waals surface area contributed by atoms with Crippen molar-refractivity contribution in [1.29, 1.82) is 0 Å². The van der Waals surface area contributed by atoms with Crippen LogP contribution in [0.3, 0.4) is 0 Å². The van der Waals surface area contributed by atoms with Crippen molar-refractivity contribution in [1.82, 2.24) is 0 Å². The van der Waals surface area contributed by atoms with E-state index in [-0.39, 0.29) is 5.75 Å². The fraction of sp³-hybridized carbons (Fsp3) is 0.111. The Morgan fingerprint density at radius 3 is 3.00 bits per heavy atom. The number of fused-ring (bicyclic) bond motifs is 1. The van der Waals surface area contributed by atoms with Crippen LogP contribution in [-0.2, 0) is 6.42 Å². The van der Waals surface area contributed by atoms with Crippen LogP contribution in [0.2, 0.25) is 0 Å². The lowest BCUT2D eigenvalue weighted by molar-refractivity contribution is 0.474. The Labute approximate surface area is 70.7 Å². The number of hydrogen-bond donors (Lipinski definition) is 2. The van der Waals surface area contributed by atoms with Gasteiger partial charge in [-0.2, -0.15) is 0 Å². The number of phenolic OH excluding ortho intramolecular Hbond substituents is 1. The zero-order chi connectivity index (χ0) is 8.55. The highest BCUT2D eigenvalue weighted by Gasteiger charge is 2.12. The topological polar surface area (TPSA) is 49.5 Å². The molecule has 1 heterocycles. The number of nitrogens with zero attached hydrogens (tertiary/aromatic N) is 1. The summed E-state index contributed by atoms with van der Waals surface area (Å²) in [6.07, 6.45) is 4.54. The minimum absolute atomic E-state index is 0.236. The van der Waals surface area contributed by atoms with Gasteiger partial charge >= 0.3 is 0 Å². The number of phenols is 1. The van der Waals surface area contributed by atoms with E-state index < -0.39 is 0 Å². The first kappa shape index (κ1) is 7.18. The SMILES string of the molecule is NN1C=CCc2cccc(O)c21. The molecule has 0 unspecified atom stereocenters. The highest BCUT2D eigenvalue weighted by atomic mass is 16.3. The molecule has 0 amide bonds. The molecule has 0 radical (unpaired) electrons. The van der Waals surface area contributed by atoms with Crippen LogP contribution >= 0.6 is 0 Å². The lowest BCUT2D eigenvalue weighted by Gasteiger charge is -2.21. The summed E-state index contributed by atoms with van der Waals surface area (Å²) in [5.41, 5.74) is 1.76. The van der Waals surface area contributed by atoms with Crippen LogP contribution in [0, 0.1) is 0 Å². The van der Waals surface area contributed by atoms with Crippen LogP contribution in [0.4, 0.5) is 5.69 Å². The molecule has 62 valence electrons. The fourth-order valence-electron chi connectivity index (χ4n) is 1.41. The molecule has 0 bridgehead atoms. The summed E-state index contributed by atoms with van der Waals surface area (Å²) in [7, 11) is 0. The number of rotatable bonds is 0. The number of nitrogens with two attached hydrogens (primary N) is 1. The number of aromatic hydroxyl groups is 1. The highest BCUT2D eigenvalue weighted by Crippen LogP contribution is 2.32. The number of hydrogen-bond acceptors (Lipinski definition) is 3. The molecule has 1 aromatic carbocycles. The maximum Gasteiger partial charge on any atom is 0.140 e. The Morgan fingerprint density at radius 1 is 1.42 bits per heavy atom. The Kier molecular flexibility index (Phi) is 1.52. The van der Waals surface area contributed by atoms with Crippen molar-refractivity contribution >= 4 is 5.69 Å². The fourth-order valence-corrected chi connectivity index (χ4v) is 1.41. The van der Waals surface area contributed by atoms with E-state index in [4.69, 9.17) is 5.84 Å². The van der Waals surface area contributed by atoms with Gasteiger partial charge in [-0.3, -0.25) is 5.01 Å². The minimum Gasteiger partial charge on any atom is -0.506 e. The monoisotopic (exact) mass is 162 g/mol. The molecule has 0 saturated carbocycles. The van der Waals surface area contributed by atoms with Gasteiger partial charge in [0.15, 0.2) is 0 Å². The lowest BCUT2D eigenvalue weighted by atomic mass is 10.1. The summed E-state index contributed by atoms with van der Waals surface area (Å²) < 4.78 is 0. The molecule has 0 aliphatic carbocycles. The zero-order valence-electron chi connectivity index (χ0n) is 6.57. The molecule has 0 aromatic heterocycles. The summed E-state index contributed by atoms with van der Waals surface area (Å²) in [5, 5.41) is 10.9. The Bertz CT molecular complexity index is 333. The third-order valence-corrected chi connectivity index (χ3v) is 1.96. The Balaban J connectivity index is 2.58. The van der Waals surface area contributed by atoms with Crippen LogP contribution in [0.5, 0.6) is 5.75 Å². The van der Waals surface area contributed by atoms with Gasteiger partial charge in [-0.1, -0.05) is 18.2 Å². The second-order valence-corrected chi connectivity index (χ2v) is 2.78. The van der Waals surface area contributed by atoms with Gasteiger partial charge < -0.3 is 5.11 Å². The van der Waals surface area contributed by atoms with E-state index in [2.05, 4.69) is 0 Å². The van der Waals surface area contributed by atoms with Gasteiger partial charge in [0, 0.05) is 6.20 Å². The van der Waals surface area contributed by atoms with E-state index in [1.807, 2.05) is 18.2 Å². The Hall–Kier alpha value is -1.48. The molecular weight excluding hydrogens is 152 g/mol. The largest absolute Gasteiger partial charge is 0.506 e. The predicted molar refractivity (Wildman–Crippen MR) is 47.6 cm³/mol. The third kappa shape index (κ3) is 0.950. The van der Waals surface area contributed by atoms with Crippen LogP contribution in [0.25, 0.3) is 0 Å². The number of benzene rings is 1. The zero-order valence-corrected chi connectivity index (χ0v) is 6.57. The molecule has 0 fully saturated rings. The lowest BCUT2D eigenvalue weighted by Crippen LogP contribution is -2.27.